The minimum atomic E-state index is -0.592. The van der Waals surface area contributed by atoms with E-state index in [1.807, 2.05) is 30.3 Å². The topological polar surface area (TPSA) is 49.3 Å². The number of nitrogens with one attached hydrogen (secondary N) is 1. The van der Waals surface area contributed by atoms with E-state index in [1.54, 1.807) is 18.2 Å². The minimum Gasteiger partial charge on any atom is -0.388 e. The standard InChI is InChI=1S/C17H18FNO2S/c18-15-9-5-4-8-14(15)10-19-17(21)12-22-11-16(20)13-6-2-1-3-7-13/h1-9,16,20H,10-12H2,(H,19,21). The van der Waals surface area contributed by atoms with Gasteiger partial charge in [0.1, 0.15) is 5.82 Å². The van der Waals surface area contributed by atoms with Crippen LogP contribution in [-0.2, 0) is 11.3 Å². The molecule has 116 valence electrons. The van der Waals surface area contributed by atoms with Gasteiger partial charge in [0.05, 0.1) is 11.9 Å². The number of carbonyl (C=O) groups is 1. The van der Waals surface area contributed by atoms with E-state index in [2.05, 4.69) is 5.32 Å². The molecule has 1 atom stereocenters. The SMILES string of the molecule is O=C(CSCC(O)c1ccccc1)NCc1ccccc1F. The number of aliphatic hydroxyl groups is 1. The molecule has 0 aromatic heterocycles. The zero-order valence-electron chi connectivity index (χ0n) is 12.0. The summed E-state index contributed by atoms with van der Waals surface area (Å²) in [4.78, 5) is 11.7. The zero-order valence-corrected chi connectivity index (χ0v) is 12.9. The summed E-state index contributed by atoms with van der Waals surface area (Å²) < 4.78 is 13.4. The largest absolute Gasteiger partial charge is 0.388 e. The molecule has 2 aromatic carbocycles. The summed E-state index contributed by atoms with van der Waals surface area (Å²) in [6.45, 7) is 0.174. The average molecular weight is 319 g/mol. The predicted octanol–water partition coefficient (Wildman–Crippen LogP) is 2.91. The van der Waals surface area contributed by atoms with Gasteiger partial charge in [0, 0.05) is 17.9 Å². The lowest BCUT2D eigenvalue weighted by molar-refractivity contribution is -0.118. The Labute approximate surface area is 133 Å². The molecule has 2 rings (SSSR count). The Morgan fingerprint density at radius 3 is 2.55 bits per heavy atom. The number of benzene rings is 2. The first-order chi connectivity index (χ1) is 10.7. The van der Waals surface area contributed by atoms with Crippen molar-refractivity contribution in [3.05, 3.63) is 71.5 Å². The third-order valence-corrected chi connectivity index (χ3v) is 4.14. The summed E-state index contributed by atoms with van der Waals surface area (Å²) in [5.74, 6) is 0.179. The van der Waals surface area contributed by atoms with Crippen molar-refractivity contribution in [3.8, 4) is 0 Å². The molecule has 2 aromatic rings. The van der Waals surface area contributed by atoms with E-state index in [9.17, 15) is 14.3 Å². The Morgan fingerprint density at radius 1 is 1.14 bits per heavy atom. The van der Waals surface area contributed by atoms with Gasteiger partial charge in [0.15, 0.2) is 0 Å². The van der Waals surface area contributed by atoms with E-state index in [-0.39, 0.29) is 24.0 Å². The maximum absolute atomic E-state index is 13.4. The average Bonchev–Trinajstić information content (AvgIpc) is 2.55. The number of rotatable bonds is 7. The van der Waals surface area contributed by atoms with Crippen molar-refractivity contribution in [3.63, 3.8) is 0 Å². The lowest BCUT2D eigenvalue weighted by atomic mass is 10.1. The minimum absolute atomic E-state index is 0.173. The molecule has 0 saturated carbocycles. The molecule has 0 aliphatic heterocycles. The van der Waals surface area contributed by atoms with Gasteiger partial charge in [-0.25, -0.2) is 4.39 Å². The highest BCUT2D eigenvalue weighted by atomic mass is 32.2. The van der Waals surface area contributed by atoms with Crippen LogP contribution in [-0.4, -0.2) is 22.5 Å². The molecule has 1 amide bonds. The Morgan fingerprint density at radius 2 is 1.82 bits per heavy atom. The van der Waals surface area contributed by atoms with Crippen molar-refractivity contribution in [1.82, 2.24) is 5.32 Å². The van der Waals surface area contributed by atoms with E-state index in [0.717, 1.165) is 5.56 Å². The smallest absolute Gasteiger partial charge is 0.230 e. The predicted molar refractivity (Wildman–Crippen MR) is 87.0 cm³/mol. The molecule has 2 N–H and O–H groups in total. The van der Waals surface area contributed by atoms with Crippen LogP contribution in [0, 0.1) is 5.82 Å². The summed E-state index contributed by atoms with van der Waals surface area (Å²) in [6.07, 6.45) is -0.592. The summed E-state index contributed by atoms with van der Waals surface area (Å²) in [5, 5.41) is 12.6. The number of hydrogen-bond acceptors (Lipinski definition) is 3. The second kappa shape index (κ2) is 8.56. The normalized spacial score (nSPS) is 11.9. The number of halogens is 1. The molecule has 0 radical (unpaired) electrons. The number of carbonyl (C=O) groups excluding carboxylic acids is 1. The molecule has 0 fully saturated rings. The number of aliphatic hydroxyl groups excluding tert-OH is 1. The fourth-order valence-electron chi connectivity index (χ4n) is 1.92. The molecule has 0 saturated heterocycles. The maximum atomic E-state index is 13.4. The van der Waals surface area contributed by atoms with Crippen LogP contribution in [0.25, 0.3) is 0 Å². The van der Waals surface area contributed by atoms with Gasteiger partial charge in [-0.15, -0.1) is 11.8 Å². The molecule has 0 aliphatic carbocycles. The lowest BCUT2D eigenvalue weighted by Crippen LogP contribution is -2.25. The first-order valence-electron chi connectivity index (χ1n) is 6.97. The summed E-state index contributed by atoms with van der Waals surface area (Å²) >= 11 is 1.35. The van der Waals surface area contributed by atoms with E-state index < -0.39 is 6.10 Å². The maximum Gasteiger partial charge on any atom is 0.230 e. The zero-order chi connectivity index (χ0) is 15.8. The fourth-order valence-corrected chi connectivity index (χ4v) is 2.74. The van der Waals surface area contributed by atoms with Crippen molar-refractivity contribution in [2.24, 2.45) is 0 Å². The third kappa shape index (κ3) is 5.16. The van der Waals surface area contributed by atoms with Gasteiger partial charge in [-0.2, -0.15) is 0 Å². The lowest BCUT2D eigenvalue weighted by Gasteiger charge is -2.10. The van der Waals surface area contributed by atoms with Crippen LogP contribution in [0.5, 0.6) is 0 Å². The Bertz CT molecular complexity index is 607. The third-order valence-electron chi connectivity index (χ3n) is 3.13. The highest BCUT2D eigenvalue weighted by Gasteiger charge is 2.09. The van der Waals surface area contributed by atoms with E-state index in [4.69, 9.17) is 0 Å². The summed E-state index contributed by atoms with van der Waals surface area (Å²) in [5.41, 5.74) is 1.30. The molecule has 0 bridgehead atoms. The van der Waals surface area contributed by atoms with E-state index in [0.29, 0.717) is 11.3 Å². The summed E-state index contributed by atoms with van der Waals surface area (Å²) in [6, 6.07) is 15.7. The molecular weight excluding hydrogens is 301 g/mol. The van der Waals surface area contributed by atoms with Crippen LogP contribution < -0.4 is 5.32 Å². The molecule has 5 heteroatoms. The first kappa shape index (κ1) is 16.5. The summed E-state index contributed by atoms with van der Waals surface area (Å²) in [7, 11) is 0. The van der Waals surface area contributed by atoms with Crippen LogP contribution in [0.2, 0.25) is 0 Å². The van der Waals surface area contributed by atoms with Crippen LogP contribution in [0.3, 0.4) is 0 Å². The molecule has 0 spiro atoms. The van der Waals surface area contributed by atoms with Crippen molar-refractivity contribution in [1.29, 1.82) is 0 Å². The van der Waals surface area contributed by atoms with Gasteiger partial charge in [0.25, 0.3) is 0 Å². The monoisotopic (exact) mass is 319 g/mol. The van der Waals surface area contributed by atoms with Crippen LogP contribution >= 0.6 is 11.8 Å². The van der Waals surface area contributed by atoms with Crippen molar-refractivity contribution in [2.45, 2.75) is 12.6 Å². The number of amides is 1. The van der Waals surface area contributed by atoms with Crippen LogP contribution in [0.15, 0.2) is 54.6 Å². The molecular formula is C17H18FNO2S. The fraction of sp³-hybridized carbons (Fsp3) is 0.235. The number of hydrogen-bond donors (Lipinski definition) is 2. The van der Waals surface area contributed by atoms with Crippen LogP contribution in [0.1, 0.15) is 17.2 Å². The van der Waals surface area contributed by atoms with Gasteiger partial charge in [-0.1, -0.05) is 48.5 Å². The van der Waals surface area contributed by atoms with Crippen molar-refractivity contribution < 1.29 is 14.3 Å². The van der Waals surface area contributed by atoms with Gasteiger partial charge in [-0.05, 0) is 11.6 Å². The van der Waals surface area contributed by atoms with Gasteiger partial charge < -0.3 is 10.4 Å². The second-order valence-corrected chi connectivity index (χ2v) is 5.84. The molecule has 0 heterocycles. The van der Waals surface area contributed by atoms with Crippen molar-refractivity contribution >= 4 is 17.7 Å². The van der Waals surface area contributed by atoms with Gasteiger partial charge >= 0.3 is 0 Å². The highest BCUT2D eigenvalue weighted by molar-refractivity contribution is 7.99. The quantitative estimate of drug-likeness (QED) is 0.825. The Balaban J connectivity index is 1.69. The second-order valence-electron chi connectivity index (χ2n) is 4.81. The van der Waals surface area contributed by atoms with Crippen LogP contribution in [0.4, 0.5) is 4.39 Å². The molecule has 1 unspecified atom stereocenters. The molecule has 0 aliphatic rings. The molecule has 3 nitrogen and oxygen atoms in total. The Kier molecular flexibility index (Phi) is 6.43. The van der Waals surface area contributed by atoms with Gasteiger partial charge in [-0.3, -0.25) is 4.79 Å². The highest BCUT2D eigenvalue weighted by Crippen LogP contribution is 2.17. The first-order valence-corrected chi connectivity index (χ1v) is 8.13. The van der Waals surface area contributed by atoms with E-state index in [1.165, 1.54) is 17.8 Å². The van der Waals surface area contributed by atoms with E-state index >= 15 is 0 Å². The number of thioether (sulfide) groups is 1. The van der Waals surface area contributed by atoms with Crippen molar-refractivity contribution in [2.75, 3.05) is 11.5 Å². The Hall–Kier alpha value is -1.85. The molecule has 22 heavy (non-hydrogen) atoms. The van der Waals surface area contributed by atoms with Gasteiger partial charge in [0.2, 0.25) is 5.91 Å².